The number of benzene rings is 2. The Bertz CT molecular complexity index is 1020. The van der Waals surface area contributed by atoms with E-state index in [1.165, 1.54) is 18.2 Å². The van der Waals surface area contributed by atoms with E-state index < -0.39 is 23.6 Å². The highest BCUT2D eigenvalue weighted by Crippen LogP contribution is 2.31. The van der Waals surface area contributed by atoms with Gasteiger partial charge in [0.15, 0.2) is 0 Å². The number of halogens is 4. The largest absolute Gasteiger partial charge is 0.457 e. The van der Waals surface area contributed by atoms with E-state index in [9.17, 15) is 22.4 Å². The zero-order chi connectivity index (χ0) is 21.0. The molecular formula is C20H15F4N3O2. The molecule has 1 heterocycles. The molecule has 1 amide bonds. The van der Waals surface area contributed by atoms with Crippen LogP contribution in [0.25, 0.3) is 0 Å². The van der Waals surface area contributed by atoms with Crippen LogP contribution in [0.2, 0.25) is 0 Å². The number of hydrogen-bond acceptors (Lipinski definition) is 4. The van der Waals surface area contributed by atoms with Crippen molar-refractivity contribution < 1.29 is 27.1 Å². The van der Waals surface area contributed by atoms with Gasteiger partial charge in [-0.25, -0.2) is 4.98 Å². The summed E-state index contributed by atoms with van der Waals surface area (Å²) >= 11 is 0. The fourth-order valence-electron chi connectivity index (χ4n) is 2.49. The SMILES string of the molecule is Nc1nc(F)ccc1C(=O)NCc1cccc(Oc2ccc(C(F)(F)F)cc2)c1. The Labute approximate surface area is 163 Å². The highest BCUT2D eigenvalue weighted by atomic mass is 19.4. The number of nitrogen functional groups attached to an aromatic ring is 1. The molecule has 5 nitrogen and oxygen atoms in total. The van der Waals surface area contributed by atoms with Crippen LogP contribution in [0.3, 0.4) is 0 Å². The maximum atomic E-state index is 13.0. The number of carbonyl (C=O) groups excluding carboxylic acids is 1. The smallest absolute Gasteiger partial charge is 0.416 e. The molecule has 0 radical (unpaired) electrons. The molecule has 29 heavy (non-hydrogen) atoms. The van der Waals surface area contributed by atoms with Crippen LogP contribution in [0.5, 0.6) is 11.5 Å². The average Bonchev–Trinajstić information content (AvgIpc) is 2.66. The summed E-state index contributed by atoms with van der Waals surface area (Å²) in [5, 5.41) is 2.63. The molecule has 9 heteroatoms. The Balaban J connectivity index is 1.64. The van der Waals surface area contributed by atoms with Gasteiger partial charge in [-0.05, 0) is 54.1 Å². The van der Waals surface area contributed by atoms with Crippen molar-refractivity contribution in [1.82, 2.24) is 10.3 Å². The second-order valence-electron chi connectivity index (χ2n) is 6.02. The fourth-order valence-corrected chi connectivity index (χ4v) is 2.49. The average molecular weight is 405 g/mol. The number of alkyl halides is 3. The van der Waals surface area contributed by atoms with Crippen LogP contribution in [0.15, 0.2) is 60.7 Å². The number of nitrogens with zero attached hydrogens (tertiary/aromatic N) is 1. The van der Waals surface area contributed by atoms with Crippen LogP contribution in [-0.4, -0.2) is 10.9 Å². The number of rotatable bonds is 5. The number of nitrogens with two attached hydrogens (primary N) is 1. The Kier molecular flexibility index (Phi) is 5.67. The first-order valence-corrected chi connectivity index (χ1v) is 8.36. The fraction of sp³-hybridized carbons (Fsp3) is 0.100. The predicted octanol–water partition coefficient (Wildman–Crippen LogP) is 4.54. The van der Waals surface area contributed by atoms with Crippen LogP contribution in [0, 0.1) is 5.95 Å². The molecule has 2 aromatic carbocycles. The molecule has 150 valence electrons. The van der Waals surface area contributed by atoms with Crippen LogP contribution < -0.4 is 15.8 Å². The van der Waals surface area contributed by atoms with Crippen molar-refractivity contribution in [3.05, 3.63) is 83.3 Å². The highest BCUT2D eigenvalue weighted by molar-refractivity contribution is 5.98. The summed E-state index contributed by atoms with van der Waals surface area (Å²) in [5.41, 5.74) is 5.49. The van der Waals surface area contributed by atoms with E-state index in [-0.39, 0.29) is 23.7 Å². The number of anilines is 1. The Morgan fingerprint density at radius 2 is 1.76 bits per heavy atom. The lowest BCUT2D eigenvalue weighted by molar-refractivity contribution is -0.137. The van der Waals surface area contributed by atoms with Crippen molar-refractivity contribution in [3.63, 3.8) is 0 Å². The van der Waals surface area contributed by atoms with Gasteiger partial charge < -0.3 is 15.8 Å². The molecule has 3 N–H and O–H groups in total. The molecule has 0 bridgehead atoms. The number of ether oxygens (including phenoxy) is 1. The molecule has 0 saturated heterocycles. The van der Waals surface area contributed by atoms with Gasteiger partial charge in [-0.2, -0.15) is 17.6 Å². The Morgan fingerprint density at radius 3 is 2.41 bits per heavy atom. The maximum Gasteiger partial charge on any atom is 0.416 e. The lowest BCUT2D eigenvalue weighted by Gasteiger charge is -2.11. The second-order valence-corrected chi connectivity index (χ2v) is 6.02. The van der Waals surface area contributed by atoms with Gasteiger partial charge in [0.2, 0.25) is 5.95 Å². The highest BCUT2D eigenvalue weighted by Gasteiger charge is 2.30. The molecule has 1 aromatic heterocycles. The van der Waals surface area contributed by atoms with Gasteiger partial charge in [0.1, 0.15) is 17.3 Å². The van der Waals surface area contributed by atoms with Crippen molar-refractivity contribution in [2.45, 2.75) is 12.7 Å². The topological polar surface area (TPSA) is 77.2 Å². The predicted molar refractivity (Wildman–Crippen MR) is 97.7 cm³/mol. The van der Waals surface area contributed by atoms with Crippen molar-refractivity contribution >= 4 is 11.7 Å². The van der Waals surface area contributed by atoms with Crippen molar-refractivity contribution in [2.24, 2.45) is 0 Å². The summed E-state index contributed by atoms with van der Waals surface area (Å²) in [6, 6.07) is 13.2. The van der Waals surface area contributed by atoms with Crippen molar-refractivity contribution in [3.8, 4) is 11.5 Å². The number of amides is 1. The van der Waals surface area contributed by atoms with E-state index in [4.69, 9.17) is 10.5 Å². The maximum absolute atomic E-state index is 13.0. The van der Waals surface area contributed by atoms with Crippen LogP contribution in [-0.2, 0) is 12.7 Å². The van der Waals surface area contributed by atoms with E-state index in [1.807, 2.05) is 0 Å². The zero-order valence-corrected chi connectivity index (χ0v) is 14.8. The molecule has 0 saturated carbocycles. The summed E-state index contributed by atoms with van der Waals surface area (Å²) in [6.07, 6.45) is -4.42. The molecule has 0 aliphatic heterocycles. The molecule has 0 aliphatic rings. The monoisotopic (exact) mass is 405 g/mol. The molecule has 0 spiro atoms. The van der Waals surface area contributed by atoms with Crippen molar-refractivity contribution in [2.75, 3.05) is 5.73 Å². The van der Waals surface area contributed by atoms with Gasteiger partial charge in [-0.3, -0.25) is 4.79 Å². The van der Waals surface area contributed by atoms with E-state index in [0.29, 0.717) is 11.3 Å². The van der Waals surface area contributed by atoms with Gasteiger partial charge in [0.05, 0.1) is 11.1 Å². The first kappa shape index (κ1) is 20.1. The third kappa shape index (κ3) is 5.22. The molecular weight excluding hydrogens is 390 g/mol. The second kappa shape index (κ2) is 8.17. The summed E-state index contributed by atoms with van der Waals surface area (Å²) in [4.78, 5) is 15.6. The third-order valence-electron chi connectivity index (χ3n) is 3.90. The van der Waals surface area contributed by atoms with Crippen LogP contribution >= 0.6 is 0 Å². The minimum absolute atomic E-state index is 0.0450. The van der Waals surface area contributed by atoms with E-state index >= 15 is 0 Å². The van der Waals surface area contributed by atoms with Gasteiger partial charge in [0, 0.05) is 6.54 Å². The van der Waals surface area contributed by atoms with Crippen LogP contribution in [0.4, 0.5) is 23.4 Å². The lowest BCUT2D eigenvalue weighted by atomic mass is 10.2. The Morgan fingerprint density at radius 1 is 1.03 bits per heavy atom. The van der Waals surface area contributed by atoms with Gasteiger partial charge in [0.25, 0.3) is 5.91 Å². The normalized spacial score (nSPS) is 11.2. The zero-order valence-electron chi connectivity index (χ0n) is 14.8. The molecule has 0 aliphatic carbocycles. The number of aromatic nitrogens is 1. The number of pyridine rings is 1. The molecule has 0 unspecified atom stereocenters. The molecule has 0 fully saturated rings. The summed E-state index contributed by atoms with van der Waals surface area (Å²) < 4.78 is 56.4. The van der Waals surface area contributed by atoms with E-state index in [2.05, 4.69) is 10.3 Å². The standard InChI is InChI=1S/C20H15F4N3O2/c21-17-9-8-16(18(25)27-17)19(28)26-11-12-2-1-3-15(10-12)29-14-6-4-13(5-7-14)20(22,23)24/h1-10H,11H2,(H2,25,27)(H,26,28). The quantitative estimate of drug-likeness (QED) is 0.483. The van der Waals surface area contributed by atoms with Crippen LogP contribution in [0.1, 0.15) is 21.5 Å². The summed E-state index contributed by atoms with van der Waals surface area (Å²) in [5.74, 6) is -0.901. The minimum Gasteiger partial charge on any atom is -0.457 e. The van der Waals surface area contributed by atoms with Gasteiger partial charge >= 0.3 is 6.18 Å². The first-order valence-electron chi connectivity index (χ1n) is 8.36. The first-order chi connectivity index (χ1) is 13.7. The third-order valence-corrected chi connectivity index (χ3v) is 3.90. The Hall–Kier alpha value is -3.62. The minimum atomic E-state index is -4.42. The van der Waals surface area contributed by atoms with E-state index in [0.717, 1.165) is 18.2 Å². The molecule has 3 aromatic rings. The van der Waals surface area contributed by atoms with Crippen molar-refractivity contribution in [1.29, 1.82) is 0 Å². The van der Waals surface area contributed by atoms with Gasteiger partial charge in [-0.1, -0.05) is 12.1 Å². The molecule has 3 rings (SSSR count). The number of nitrogens with one attached hydrogen (secondary N) is 1. The van der Waals surface area contributed by atoms with Gasteiger partial charge in [-0.15, -0.1) is 0 Å². The number of hydrogen-bond donors (Lipinski definition) is 2. The lowest BCUT2D eigenvalue weighted by Crippen LogP contribution is -2.24. The number of carbonyl (C=O) groups is 1. The van der Waals surface area contributed by atoms with E-state index in [1.54, 1.807) is 24.3 Å². The molecule has 0 atom stereocenters. The summed E-state index contributed by atoms with van der Waals surface area (Å²) in [6.45, 7) is 0.125. The summed E-state index contributed by atoms with van der Waals surface area (Å²) in [7, 11) is 0.